The number of rotatable bonds is 4. The minimum Gasteiger partial charge on any atom is -0.362 e. The predicted molar refractivity (Wildman–Crippen MR) is 93.3 cm³/mol. The monoisotopic (exact) mass is 399 g/mol. The lowest BCUT2D eigenvalue weighted by Crippen LogP contribution is -2.57. The molecule has 0 spiro atoms. The average molecular weight is 399 g/mol. The number of nitrogens with zero attached hydrogens (tertiary/aromatic N) is 3. The van der Waals surface area contributed by atoms with Crippen molar-refractivity contribution in [1.82, 2.24) is 5.01 Å². The molecule has 1 heterocycles. The Bertz CT molecular complexity index is 788. The first-order chi connectivity index (χ1) is 13.1. The van der Waals surface area contributed by atoms with Gasteiger partial charge in [-0.3, -0.25) is 14.9 Å². The van der Waals surface area contributed by atoms with Crippen LogP contribution in [0, 0.1) is 16.0 Å². The molecule has 152 valence electrons. The number of carbonyl (C=O) groups is 1. The fourth-order valence-electron chi connectivity index (χ4n) is 3.70. The van der Waals surface area contributed by atoms with E-state index < -0.39 is 35.6 Å². The topological polar surface area (TPSA) is 96.0 Å². The van der Waals surface area contributed by atoms with Crippen LogP contribution >= 0.6 is 0 Å². The number of nitro groups is 1. The van der Waals surface area contributed by atoms with Gasteiger partial charge in [0.1, 0.15) is 0 Å². The maximum absolute atomic E-state index is 13.6. The van der Waals surface area contributed by atoms with Gasteiger partial charge in [-0.2, -0.15) is 23.3 Å². The second-order valence-corrected chi connectivity index (χ2v) is 7.22. The summed E-state index contributed by atoms with van der Waals surface area (Å²) in [5.41, 5.74) is -3.06. The molecule has 0 saturated heterocycles. The molecule has 0 unspecified atom stereocenters. The summed E-state index contributed by atoms with van der Waals surface area (Å²) < 4.78 is 40.8. The summed E-state index contributed by atoms with van der Waals surface area (Å²) in [5.74, 6) is -1.18. The summed E-state index contributed by atoms with van der Waals surface area (Å²) in [6.45, 7) is 0. The molecule has 0 aromatic heterocycles. The van der Waals surface area contributed by atoms with Crippen LogP contribution in [0.1, 0.15) is 44.1 Å². The van der Waals surface area contributed by atoms with Gasteiger partial charge >= 0.3 is 6.18 Å². The minimum absolute atomic E-state index is 0.151. The van der Waals surface area contributed by atoms with Gasteiger partial charge in [-0.1, -0.05) is 31.4 Å². The number of benzene rings is 1. The maximum Gasteiger partial charge on any atom is 0.438 e. The van der Waals surface area contributed by atoms with Crippen LogP contribution in [0.2, 0.25) is 0 Å². The maximum atomic E-state index is 13.6. The smallest absolute Gasteiger partial charge is 0.362 e. The predicted octanol–water partition coefficient (Wildman–Crippen LogP) is 3.56. The summed E-state index contributed by atoms with van der Waals surface area (Å²) in [6, 6.07) is 4.92. The zero-order valence-electron chi connectivity index (χ0n) is 15.0. The zero-order valence-corrected chi connectivity index (χ0v) is 15.0. The van der Waals surface area contributed by atoms with Gasteiger partial charge in [0, 0.05) is 24.3 Å². The van der Waals surface area contributed by atoms with Crippen molar-refractivity contribution in [3.8, 4) is 0 Å². The molecule has 1 aromatic carbocycles. The Morgan fingerprint density at radius 2 is 1.86 bits per heavy atom. The lowest BCUT2D eigenvalue weighted by atomic mass is 9.83. The Hall–Kier alpha value is -2.49. The normalized spacial score (nSPS) is 23.6. The molecule has 1 amide bonds. The van der Waals surface area contributed by atoms with Crippen molar-refractivity contribution in [3.63, 3.8) is 0 Å². The van der Waals surface area contributed by atoms with E-state index in [2.05, 4.69) is 5.10 Å². The Labute approximate surface area is 159 Å². The Morgan fingerprint density at radius 3 is 2.39 bits per heavy atom. The standard InChI is InChI=1S/C18H20F3N3O4/c19-18(20,21)17(26)11-15(13-4-2-1-3-5-13)22-23(17)16(25)10-12-6-8-14(9-7-12)24(27)28/h6-9,13,26H,1-5,10-11H2/t17-/m1/s1. The lowest BCUT2D eigenvalue weighted by Gasteiger charge is -2.32. The van der Waals surface area contributed by atoms with Crippen molar-refractivity contribution in [2.24, 2.45) is 11.0 Å². The summed E-state index contributed by atoms with van der Waals surface area (Å²) in [7, 11) is 0. The van der Waals surface area contributed by atoms with Crippen LogP contribution in [-0.4, -0.2) is 38.6 Å². The van der Waals surface area contributed by atoms with Crippen LogP contribution in [0.15, 0.2) is 29.4 Å². The van der Waals surface area contributed by atoms with Gasteiger partial charge in [-0.05, 0) is 24.3 Å². The third-order valence-electron chi connectivity index (χ3n) is 5.28. The molecule has 1 N–H and O–H groups in total. The highest BCUT2D eigenvalue weighted by Gasteiger charge is 2.63. The fraction of sp³-hybridized carbons (Fsp3) is 0.556. The first-order valence-electron chi connectivity index (χ1n) is 9.05. The van der Waals surface area contributed by atoms with Crippen molar-refractivity contribution in [2.75, 3.05) is 0 Å². The largest absolute Gasteiger partial charge is 0.438 e. The third-order valence-corrected chi connectivity index (χ3v) is 5.28. The van der Waals surface area contributed by atoms with Gasteiger partial charge in [-0.15, -0.1) is 0 Å². The molecule has 0 radical (unpaired) electrons. The highest BCUT2D eigenvalue weighted by molar-refractivity contribution is 5.92. The van der Waals surface area contributed by atoms with Crippen LogP contribution in [-0.2, 0) is 11.2 Å². The van der Waals surface area contributed by atoms with Crippen molar-refractivity contribution in [1.29, 1.82) is 0 Å². The molecule has 1 aliphatic heterocycles. The van der Waals surface area contributed by atoms with Gasteiger partial charge < -0.3 is 5.11 Å². The van der Waals surface area contributed by atoms with E-state index in [1.807, 2.05) is 0 Å². The van der Waals surface area contributed by atoms with E-state index in [1.165, 1.54) is 24.3 Å². The number of carbonyl (C=O) groups excluding carboxylic acids is 1. The molecular formula is C18H20F3N3O4. The number of hydrogen-bond acceptors (Lipinski definition) is 5. The summed E-state index contributed by atoms with van der Waals surface area (Å²) in [5, 5.41) is 25.1. The van der Waals surface area contributed by atoms with Gasteiger partial charge in [0.2, 0.25) is 5.91 Å². The molecule has 2 aliphatic rings. The van der Waals surface area contributed by atoms with E-state index in [1.54, 1.807) is 0 Å². The first kappa shape index (κ1) is 20.2. The molecule has 1 aromatic rings. The van der Waals surface area contributed by atoms with E-state index in [-0.39, 0.29) is 22.3 Å². The van der Waals surface area contributed by atoms with Crippen LogP contribution in [0.25, 0.3) is 0 Å². The SMILES string of the molecule is O=C(Cc1ccc([N+](=O)[O-])cc1)N1N=C(C2CCCCC2)C[C@@]1(O)C(F)(F)F. The number of alkyl halides is 3. The summed E-state index contributed by atoms with van der Waals surface area (Å²) >= 11 is 0. The first-order valence-corrected chi connectivity index (χ1v) is 9.05. The van der Waals surface area contributed by atoms with Gasteiger partial charge in [-0.25, -0.2) is 0 Å². The zero-order chi connectivity index (χ0) is 20.5. The fourth-order valence-corrected chi connectivity index (χ4v) is 3.70. The second-order valence-electron chi connectivity index (χ2n) is 7.22. The van der Waals surface area contributed by atoms with Gasteiger partial charge in [0.05, 0.1) is 11.3 Å². The minimum atomic E-state index is -5.06. The average Bonchev–Trinajstić information content (AvgIpc) is 3.02. The third kappa shape index (κ3) is 3.87. The molecule has 3 rings (SSSR count). The number of aliphatic hydroxyl groups is 1. The number of hydrogen-bond donors (Lipinski definition) is 1. The lowest BCUT2D eigenvalue weighted by molar-refractivity contribution is -0.384. The molecule has 1 atom stereocenters. The number of hydrazone groups is 1. The summed E-state index contributed by atoms with van der Waals surface area (Å²) in [4.78, 5) is 22.6. The number of non-ortho nitro benzene ring substituents is 1. The Balaban J connectivity index is 1.83. The molecule has 28 heavy (non-hydrogen) atoms. The van der Waals surface area contributed by atoms with Crippen LogP contribution in [0.4, 0.5) is 18.9 Å². The van der Waals surface area contributed by atoms with E-state index in [9.17, 15) is 33.2 Å². The van der Waals surface area contributed by atoms with Crippen LogP contribution < -0.4 is 0 Å². The van der Waals surface area contributed by atoms with Crippen molar-refractivity contribution in [2.45, 2.75) is 56.8 Å². The van der Waals surface area contributed by atoms with Gasteiger partial charge in [0.15, 0.2) is 0 Å². The van der Waals surface area contributed by atoms with Crippen LogP contribution in [0.5, 0.6) is 0 Å². The van der Waals surface area contributed by atoms with E-state index >= 15 is 0 Å². The Kier molecular flexibility index (Phi) is 5.42. The number of halogens is 3. The number of amides is 1. The van der Waals surface area contributed by atoms with E-state index in [0.717, 1.165) is 19.3 Å². The quantitative estimate of drug-likeness (QED) is 0.619. The second kappa shape index (κ2) is 7.50. The van der Waals surface area contributed by atoms with Crippen molar-refractivity contribution in [3.05, 3.63) is 39.9 Å². The highest BCUT2D eigenvalue weighted by Crippen LogP contribution is 2.43. The molecule has 7 nitrogen and oxygen atoms in total. The highest BCUT2D eigenvalue weighted by atomic mass is 19.4. The molecule has 1 saturated carbocycles. The van der Waals surface area contributed by atoms with E-state index in [0.29, 0.717) is 18.4 Å². The molecule has 1 aliphatic carbocycles. The Morgan fingerprint density at radius 1 is 1.25 bits per heavy atom. The number of nitro benzene ring substituents is 1. The van der Waals surface area contributed by atoms with E-state index in [4.69, 9.17) is 0 Å². The molecule has 1 fully saturated rings. The van der Waals surface area contributed by atoms with Crippen LogP contribution in [0.3, 0.4) is 0 Å². The summed E-state index contributed by atoms with van der Waals surface area (Å²) in [6.07, 6.45) is -2.11. The molecule has 10 heteroatoms. The van der Waals surface area contributed by atoms with Crippen molar-refractivity contribution >= 4 is 17.3 Å². The molecule has 0 bridgehead atoms. The molecular weight excluding hydrogens is 379 g/mol. The van der Waals surface area contributed by atoms with Crippen molar-refractivity contribution < 1.29 is 28.0 Å². The van der Waals surface area contributed by atoms with Gasteiger partial charge in [0.25, 0.3) is 11.4 Å².